The summed E-state index contributed by atoms with van der Waals surface area (Å²) >= 11 is 0. The number of aliphatic hydroxyl groups is 1. The van der Waals surface area contributed by atoms with Gasteiger partial charge in [0.2, 0.25) is 0 Å². The first-order valence-corrected chi connectivity index (χ1v) is 4.20. The van der Waals surface area contributed by atoms with Crippen molar-refractivity contribution in [3.8, 4) is 5.75 Å². The summed E-state index contributed by atoms with van der Waals surface area (Å²) in [4.78, 5) is 0. The van der Waals surface area contributed by atoms with E-state index in [9.17, 15) is 4.39 Å². The summed E-state index contributed by atoms with van der Waals surface area (Å²) in [7, 11) is 0. The van der Waals surface area contributed by atoms with Gasteiger partial charge in [-0.3, -0.25) is 0 Å². The molecule has 0 unspecified atom stereocenters. The van der Waals surface area contributed by atoms with Crippen molar-refractivity contribution in [2.75, 3.05) is 0 Å². The van der Waals surface area contributed by atoms with Crippen LogP contribution in [-0.4, -0.2) is 11.2 Å². The molecule has 0 spiro atoms. The van der Waals surface area contributed by atoms with Crippen molar-refractivity contribution in [2.45, 2.75) is 26.6 Å². The van der Waals surface area contributed by atoms with Crippen LogP contribution in [0.1, 0.15) is 19.4 Å². The van der Waals surface area contributed by atoms with Gasteiger partial charge in [-0.2, -0.15) is 0 Å². The van der Waals surface area contributed by atoms with E-state index in [1.807, 2.05) is 13.8 Å². The fraction of sp³-hybridized carbons (Fsp3) is 0.400. The molecule has 0 radical (unpaired) electrons. The maximum Gasteiger partial charge on any atom is 0.165 e. The lowest BCUT2D eigenvalue weighted by Gasteiger charge is -2.13. The largest absolute Gasteiger partial charge is 0.488 e. The normalized spacial score (nSPS) is 10.5. The highest BCUT2D eigenvalue weighted by Gasteiger charge is 2.09. The van der Waals surface area contributed by atoms with Crippen LogP contribution in [0.5, 0.6) is 5.75 Å². The molecule has 0 atom stereocenters. The molecule has 0 fully saturated rings. The molecule has 1 aromatic carbocycles. The molecule has 0 aromatic heterocycles. The van der Waals surface area contributed by atoms with Gasteiger partial charge in [-0.1, -0.05) is 12.1 Å². The maximum absolute atomic E-state index is 13.2. The number of aliphatic hydroxyl groups excluding tert-OH is 1. The van der Waals surface area contributed by atoms with Gasteiger partial charge in [-0.25, -0.2) is 4.39 Å². The van der Waals surface area contributed by atoms with E-state index >= 15 is 0 Å². The van der Waals surface area contributed by atoms with E-state index in [0.29, 0.717) is 5.56 Å². The maximum atomic E-state index is 13.2. The van der Waals surface area contributed by atoms with E-state index in [-0.39, 0.29) is 18.5 Å². The fourth-order valence-electron chi connectivity index (χ4n) is 1.05. The predicted molar refractivity (Wildman–Crippen MR) is 48.1 cm³/mol. The van der Waals surface area contributed by atoms with Crippen LogP contribution in [0.15, 0.2) is 18.2 Å². The quantitative estimate of drug-likeness (QED) is 0.779. The van der Waals surface area contributed by atoms with Crippen molar-refractivity contribution >= 4 is 0 Å². The summed E-state index contributed by atoms with van der Waals surface area (Å²) < 4.78 is 18.4. The Kier molecular flexibility index (Phi) is 3.25. The van der Waals surface area contributed by atoms with Gasteiger partial charge in [0.25, 0.3) is 0 Å². The van der Waals surface area contributed by atoms with Gasteiger partial charge in [-0.15, -0.1) is 0 Å². The molecule has 0 saturated carbocycles. The molecule has 0 amide bonds. The molecule has 72 valence electrons. The van der Waals surface area contributed by atoms with Gasteiger partial charge < -0.3 is 9.84 Å². The molecular weight excluding hydrogens is 171 g/mol. The zero-order valence-corrected chi connectivity index (χ0v) is 7.75. The number of rotatable bonds is 3. The number of hydrogen-bond acceptors (Lipinski definition) is 2. The van der Waals surface area contributed by atoms with Gasteiger partial charge in [-0.05, 0) is 19.9 Å². The number of benzene rings is 1. The Morgan fingerprint density at radius 1 is 1.46 bits per heavy atom. The SMILES string of the molecule is CC(C)Oc1c(F)cccc1CO. The Morgan fingerprint density at radius 2 is 2.15 bits per heavy atom. The van der Waals surface area contributed by atoms with Gasteiger partial charge in [0, 0.05) is 5.56 Å². The molecule has 3 heteroatoms. The van der Waals surface area contributed by atoms with E-state index in [4.69, 9.17) is 9.84 Å². The fourth-order valence-corrected chi connectivity index (χ4v) is 1.05. The Bertz CT molecular complexity index is 284. The molecule has 13 heavy (non-hydrogen) atoms. The third kappa shape index (κ3) is 2.42. The van der Waals surface area contributed by atoms with Crippen molar-refractivity contribution in [1.82, 2.24) is 0 Å². The van der Waals surface area contributed by atoms with Crippen LogP contribution in [0, 0.1) is 5.82 Å². The van der Waals surface area contributed by atoms with Crippen LogP contribution >= 0.6 is 0 Å². The average molecular weight is 184 g/mol. The summed E-state index contributed by atoms with van der Waals surface area (Å²) in [5, 5.41) is 8.91. The highest BCUT2D eigenvalue weighted by molar-refractivity contribution is 5.34. The lowest BCUT2D eigenvalue weighted by atomic mass is 10.2. The van der Waals surface area contributed by atoms with Gasteiger partial charge in [0.1, 0.15) is 0 Å². The first kappa shape index (κ1) is 9.99. The van der Waals surface area contributed by atoms with Crippen molar-refractivity contribution in [1.29, 1.82) is 0 Å². The van der Waals surface area contributed by atoms with E-state index in [2.05, 4.69) is 0 Å². The molecule has 0 saturated heterocycles. The summed E-state index contributed by atoms with van der Waals surface area (Å²) in [6.45, 7) is 3.42. The molecular formula is C10H13FO2. The molecule has 1 N–H and O–H groups in total. The number of ether oxygens (including phenoxy) is 1. The molecule has 0 bridgehead atoms. The Hall–Kier alpha value is -1.09. The van der Waals surface area contributed by atoms with E-state index in [1.165, 1.54) is 6.07 Å². The van der Waals surface area contributed by atoms with E-state index in [0.717, 1.165) is 0 Å². The third-order valence-electron chi connectivity index (χ3n) is 1.57. The summed E-state index contributed by atoms with van der Waals surface area (Å²) in [6.07, 6.45) is -0.0952. The minimum absolute atomic E-state index is 0.0952. The second kappa shape index (κ2) is 4.23. The van der Waals surface area contributed by atoms with Crippen LogP contribution in [0.4, 0.5) is 4.39 Å². The Morgan fingerprint density at radius 3 is 2.69 bits per heavy atom. The van der Waals surface area contributed by atoms with E-state index < -0.39 is 5.82 Å². The summed E-state index contributed by atoms with van der Waals surface area (Å²) in [5.74, 6) is -0.278. The minimum Gasteiger partial charge on any atom is -0.488 e. The number of para-hydroxylation sites is 1. The molecule has 2 nitrogen and oxygen atoms in total. The number of halogens is 1. The first-order chi connectivity index (χ1) is 6.15. The Balaban J connectivity index is 3.00. The number of hydrogen-bond donors (Lipinski definition) is 1. The van der Waals surface area contributed by atoms with Crippen LogP contribution in [0.3, 0.4) is 0 Å². The Labute approximate surface area is 77.0 Å². The van der Waals surface area contributed by atoms with Crippen molar-refractivity contribution in [2.24, 2.45) is 0 Å². The average Bonchev–Trinajstić information content (AvgIpc) is 2.08. The molecule has 0 heterocycles. The van der Waals surface area contributed by atoms with Gasteiger partial charge in [0.15, 0.2) is 11.6 Å². The lowest BCUT2D eigenvalue weighted by Crippen LogP contribution is -2.09. The predicted octanol–water partition coefficient (Wildman–Crippen LogP) is 2.11. The summed E-state index contributed by atoms with van der Waals surface area (Å²) in [6, 6.07) is 4.51. The molecule has 0 aliphatic carbocycles. The van der Waals surface area contributed by atoms with Crippen molar-refractivity contribution in [3.05, 3.63) is 29.6 Å². The van der Waals surface area contributed by atoms with Crippen LogP contribution < -0.4 is 4.74 Å². The van der Waals surface area contributed by atoms with Crippen molar-refractivity contribution in [3.63, 3.8) is 0 Å². The highest BCUT2D eigenvalue weighted by Crippen LogP contribution is 2.23. The standard InChI is InChI=1S/C10H13FO2/c1-7(2)13-10-8(6-12)4-3-5-9(10)11/h3-5,7,12H,6H2,1-2H3. The summed E-state index contributed by atoms with van der Waals surface area (Å²) in [5.41, 5.74) is 0.480. The second-order valence-corrected chi connectivity index (χ2v) is 3.05. The first-order valence-electron chi connectivity index (χ1n) is 4.20. The molecule has 0 aliphatic heterocycles. The second-order valence-electron chi connectivity index (χ2n) is 3.05. The van der Waals surface area contributed by atoms with E-state index in [1.54, 1.807) is 12.1 Å². The molecule has 1 rings (SSSR count). The zero-order valence-electron chi connectivity index (χ0n) is 7.75. The lowest BCUT2D eigenvalue weighted by molar-refractivity contribution is 0.215. The van der Waals surface area contributed by atoms with Gasteiger partial charge >= 0.3 is 0 Å². The van der Waals surface area contributed by atoms with Crippen LogP contribution in [0.25, 0.3) is 0 Å². The highest BCUT2D eigenvalue weighted by atomic mass is 19.1. The molecule has 0 aliphatic rings. The smallest absolute Gasteiger partial charge is 0.165 e. The zero-order chi connectivity index (χ0) is 9.84. The minimum atomic E-state index is -0.430. The topological polar surface area (TPSA) is 29.5 Å². The van der Waals surface area contributed by atoms with Crippen LogP contribution in [0.2, 0.25) is 0 Å². The van der Waals surface area contributed by atoms with Crippen molar-refractivity contribution < 1.29 is 14.2 Å². The van der Waals surface area contributed by atoms with Gasteiger partial charge in [0.05, 0.1) is 12.7 Å². The van der Waals surface area contributed by atoms with Crippen LogP contribution in [-0.2, 0) is 6.61 Å². The third-order valence-corrected chi connectivity index (χ3v) is 1.57. The monoisotopic (exact) mass is 184 g/mol. The molecule has 1 aromatic rings.